The molecular formula is C19H13Cl2N. The van der Waals surface area contributed by atoms with Gasteiger partial charge in [0.25, 0.3) is 0 Å². The van der Waals surface area contributed by atoms with Gasteiger partial charge in [0.05, 0.1) is 6.54 Å². The second-order valence-electron chi connectivity index (χ2n) is 5.32. The summed E-state index contributed by atoms with van der Waals surface area (Å²) in [6.45, 7) is 0.659. The molecule has 0 amide bonds. The van der Waals surface area contributed by atoms with Crippen molar-refractivity contribution in [3.63, 3.8) is 0 Å². The molecule has 0 atom stereocenters. The van der Waals surface area contributed by atoms with Crippen LogP contribution in [0.4, 0.5) is 0 Å². The van der Waals surface area contributed by atoms with Gasteiger partial charge in [0.1, 0.15) is 0 Å². The molecule has 1 aromatic heterocycles. The highest BCUT2D eigenvalue weighted by molar-refractivity contribution is 6.36. The van der Waals surface area contributed by atoms with Gasteiger partial charge in [-0.1, -0.05) is 65.7 Å². The predicted octanol–water partition coefficient (Wildman–Crippen LogP) is 6.15. The summed E-state index contributed by atoms with van der Waals surface area (Å²) in [5.74, 6) is 0. The number of rotatable bonds is 2. The molecule has 0 aliphatic carbocycles. The lowest BCUT2D eigenvalue weighted by atomic mass is 10.2. The highest BCUT2D eigenvalue weighted by Crippen LogP contribution is 2.32. The quantitative estimate of drug-likeness (QED) is 0.416. The van der Waals surface area contributed by atoms with Crippen LogP contribution in [0, 0.1) is 0 Å². The van der Waals surface area contributed by atoms with Crippen molar-refractivity contribution in [2.45, 2.75) is 6.54 Å². The fraction of sp³-hybridized carbons (Fsp3) is 0.0526. The monoisotopic (exact) mass is 325 g/mol. The van der Waals surface area contributed by atoms with Crippen LogP contribution in [-0.4, -0.2) is 4.57 Å². The molecule has 3 aromatic carbocycles. The molecule has 4 rings (SSSR count). The molecule has 22 heavy (non-hydrogen) atoms. The smallest absolute Gasteiger partial charge is 0.0511 e. The van der Waals surface area contributed by atoms with Crippen LogP contribution in [0.5, 0.6) is 0 Å². The van der Waals surface area contributed by atoms with Gasteiger partial charge in [0.2, 0.25) is 0 Å². The number of para-hydroxylation sites is 2. The standard InChI is InChI=1S/C19H13Cl2N/c20-16-8-5-9-17(21)15(16)12-22-18-10-3-1-6-13(18)14-7-2-4-11-19(14)22/h1-11H,12H2. The summed E-state index contributed by atoms with van der Waals surface area (Å²) in [6, 6.07) is 22.5. The van der Waals surface area contributed by atoms with Crippen molar-refractivity contribution in [2.24, 2.45) is 0 Å². The molecule has 0 N–H and O–H groups in total. The number of halogens is 2. The van der Waals surface area contributed by atoms with Crippen LogP contribution in [0.25, 0.3) is 21.8 Å². The van der Waals surface area contributed by atoms with Gasteiger partial charge in [-0.3, -0.25) is 0 Å². The molecule has 0 aliphatic heterocycles. The van der Waals surface area contributed by atoms with Gasteiger partial charge in [-0.2, -0.15) is 0 Å². The molecule has 1 nitrogen and oxygen atoms in total. The summed E-state index contributed by atoms with van der Waals surface area (Å²) in [4.78, 5) is 0. The van der Waals surface area contributed by atoms with Gasteiger partial charge in [0.15, 0.2) is 0 Å². The van der Waals surface area contributed by atoms with Crippen LogP contribution in [0.3, 0.4) is 0 Å². The minimum Gasteiger partial charge on any atom is -0.336 e. The summed E-state index contributed by atoms with van der Waals surface area (Å²) in [6.07, 6.45) is 0. The van der Waals surface area contributed by atoms with Crippen LogP contribution < -0.4 is 0 Å². The zero-order valence-electron chi connectivity index (χ0n) is 11.8. The van der Waals surface area contributed by atoms with Crippen molar-refractivity contribution in [1.29, 1.82) is 0 Å². The van der Waals surface area contributed by atoms with Crippen molar-refractivity contribution in [1.82, 2.24) is 4.57 Å². The fourth-order valence-electron chi connectivity index (χ4n) is 3.02. The number of hydrogen-bond donors (Lipinski definition) is 0. The molecule has 0 saturated heterocycles. The maximum atomic E-state index is 6.35. The molecule has 4 aromatic rings. The number of aromatic nitrogens is 1. The Balaban J connectivity index is 2.01. The van der Waals surface area contributed by atoms with E-state index in [4.69, 9.17) is 23.2 Å². The largest absolute Gasteiger partial charge is 0.336 e. The summed E-state index contributed by atoms with van der Waals surface area (Å²) in [7, 11) is 0. The third-order valence-electron chi connectivity index (χ3n) is 4.06. The Morgan fingerprint density at radius 2 is 1.14 bits per heavy atom. The molecule has 0 fully saturated rings. The Labute approximate surface area is 138 Å². The Hall–Kier alpha value is -1.96. The Morgan fingerprint density at radius 3 is 1.68 bits per heavy atom. The van der Waals surface area contributed by atoms with Gasteiger partial charge in [0, 0.05) is 37.4 Å². The Kier molecular flexibility index (Phi) is 3.33. The molecule has 3 heteroatoms. The zero-order valence-corrected chi connectivity index (χ0v) is 13.3. The number of benzene rings is 3. The van der Waals surface area contributed by atoms with Gasteiger partial charge in [-0.25, -0.2) is 0 Å². The number of hydrogen-bond acceptors (Lipinski definition) is 0. The first-order valence-electron chi connectivity index (χ1n) is 7.14. The average molecular weight is 326 g/mol. The zero-order chi connectivity index (χ0) is 15.1. The summed E-state index contributed by atoms with van der Waals surface area (Å²) < 4.78 is 2.28. The Morgan fingerprint density at radius 1 is 0.636 bits per heavy atom. The first kappa shape index (κ1) is 13.7. The summed E-state index contributed by atoms with van der Waals surface area (Å²) in [5, 5.41) is 3.91. The number of fused-ring (bicyclic) bond motifs is 3. The van der Waals surface area contributed by atoms with Crippen LogP contribution >= 0.6 is 23.2 Å². The van der Waals surface area contributed by atoms with Crippen LogP contribution in [0.2, 0.25) is 10.0 Å². The van der Waals surface area contributed by atoms with Crippen molar-refractivity contribution in [2.75, 3.05) is 0 Å². The molecule has 0 radical (unpaired) electrons. The van der Waals surface area contributed by atoms with E-state index in [9.17, 15) is 0 Å². The minimum atomic E-state index is 0.659. The topological polar surface area (TPSA) is 4.93 Å². The number of nitrogens with zero attached hydrogens (tertiary/aromatic N) is 1. The highest BCUT2D eigenvalue weighted by Gasteiger charge is 2.12. The lowest BCUT2D eigenvalue weighted by Crippen LogP contribution is -2.00. The van der Waals surface area contributed by atoms with Crippen molar-refractivity contribution >= 4 is 45.0 Å². The van der Waals surface area contributed by atoms with E-state index in [2.05, 4.69) is 53.1 Å². The second kappa shape index (κ2) is 5.35. The van der Waals surface area contributed by atoms with E-state index >= 15 is 0 Å². The normalized spacial score (nSPS) is 11.4. The van der Waals surface area contributed by atoms with Crippen LogP contribution in [0.15, 0.2) is 66.7 Å². The third-order valence-corrected chi connectivity index (χ3v) is 4.77. The molecule has 0 bridgehead atoms. The maximum Gasteiger partial charge on any atom is 0.0511 e. The van der Waals surface area contributed by atoms with E-state index in [-0.39, 0.29) is 0 Å². The van der Waals surface area contributed by atoms with E-state index in [1.165, 1.54) is 21.8 Å². The van der Waals surface area contributed by atoms with E-state index in [0.29, 0.717) is 16.6 Å². The fourth-order valence-corrected chi connectivity index (χ4v) is 3.53. The van der Waals surface area contributed by atoms with Crippen molar-refractivity contribution in [3.05, 3.63) is 82.3 Å². The van der Waals surface area contributed by atoms with Crippen LogP contribution in [0.1, 0.15) is 5.56 Å². The van der Waals surface area contributed by atoms with E-state index in [1.54, 1.807) is 0 Å². The lowest BCUT2D eigenvalue weighted by molar-refractivity contribution is 0.869. The Bertz CT molecular complexity index is 912. The van der Waals surface area contributed by atoms with Gasteiger partial charge < -0.3 is 4.57 Å². The van der Waals surface area contributed by atoms with Gasteiger partial charge in [-0.15, -0.1) is 0 Å². The minimum absolute atomic E-state index is 0.659. The molecule has 0 spiro atoms. The molecule has 0 unspecified atom stereocenters. The lowest BCUT2D eigenvalue weighted by Gasteiger charge is -2.11. The first-order valence-corrected chi connectivity index (χ1v) is 7.90. The van der Waals surface area contributed by atoms with Crippen molar-refractivity contribution < 1.29 is 0 Å². The predicted molar refractivity (Wildman–Crippen MR) is 95.0 cm³/mol. The van der Waals surface area contributed by atoms with E-state index < -0.39 is 0 Å². The second-order valence-corrected chi connectivity index (χ2v) is 6.14. The maximum absolute atomic E-state index is 6.35. The molecular weight excluding hydrogens is 313 g/mol. The van der Waals surface area contributed by atoms with E-state index in [0.717, 1.165) is 5.56 Å². The summed E-state index contributed by atoms with van der Waals surface area (Å²) >= 11 is 12.7. The SMILES string of the molecule is Clc1cccc(Cl)c1Cn1c2ccccc2c2ccccc21. The average Bonchev–Trinajstić information content (AvgIpc) is 2.86. The van der Waals surface area contributed by atoms with Crippen molar-refractivity contribution in [3.8, 4) is 0 Å². The third kappa shape index (κ3) is 2.09. The molecule has 108 valence electrons. The molecule has 0 aliphatic rings. The van der Waals surface area contributed by atoms with Gasteiger partial charge >= 0.3 is 0 Å². The molecule has 1 heterocycles. The van der Waals surface area contributed by atoms with Crippen LogP contribution in [-0.2, 0) is 6.54 Å². The highest BCUT2D eigenvalue weighted by atomic mass is 35.5. The van der Waals surface area contributed by atoms with Gasteiger partial charge in [-0.05, 0) is 24.3 Å². The summed E-state index contributed by atoms with van der Waals surface area (Å²) in [5.41, 5.74) is 3.34. The molecule has 0 saturated carbocycles. The first-order chi connectivity index (χ1) is 10.8. The van der Waals surface area contributed by atoms with E-state index in [1.807, 2.05) is 18.2 Å².